The van der Waals surface area contributed by atoms with Crippen molar-refractivity contribution in [3.8, 4) is 16.3 Å². The number of carbonyl (C=O) groups excluding carboxylic acids is 1. The highest BCUT2D eigenvalue weighted by molar-refractivity contribution is 7.13. The number of H-pyrrole nitrogens is 1. The molecule has 0 fully saturated rings. The van der Waals surface area contributed by atoms with E-state index < -0.39 is 0 Å². The van der Waals surface area contributed by atoms with Crippen LogP contribution in [0.4, 0.5) is 5.69 Å². The van der Waals surface area contributed by atoms with Gasteiger partial charge in [-0.2, -0.15) is 10.2 Å². The molecular weight excluding hydrogens is 326 g/mol. The van der Waals surface area contributed by atoms with E-state index in [2.05, 4.69) is 30.6 Å². The predicted molar refractivity (Wildman–Crippen MR) is 89.0 cm³/mol. The smallest absolute Gasteiger partial charge is 0.275 e. The molecule has 9 heteroatoms. The Labute approximate surface area is 140 Å². The molecule has 0 unspecified atom stereocenters. The van der Waals surface area contributed by atoms with Crippen LogP contribution in [0.25, 0.3) is 16.3 Å². The van der Waals surface area contributed by atoms with Crippen molar-refractivity contribution < 1.29 is 4.79 Å². The Morgan fingerprint density at radius 2 is 2.12 bits per heavy atom. The molecular formula is C15H11N7OS. The summed E-state index contributed by atoms with van der Waals surface area (Å²) in [5.74, 6) is -0.282. The molecule has 118 valence electrons. The molecule has 0 spiro atoms. The normalized spacial score (nSPS) is 10.7. The van der Waals surface area contributed by atoms with Gasteiger partial charge in [0.25, 0.3) is 5.91 Å². The van der Waals surface area contributed by atoms with E-state index in [0.717, 1.165) is 16.3 Å². The third-order valence-electron chi connectivity index (χ3n) is 3.25. The van der Waals surface area contributed by atoms with Crippen molar-refractivity contribution >= 4 is 22.9 Å². The average molecular weight is 337 g/mol. The zero-order valence-electron chi connectivity index (χ0n) is 12.2. The van der Waals surface area contributed by atoms with E-state index in [1.165, 1.54) is 11.3 Å². The Hall–Kier alpha value is -3.33. The molecule has 0 saturated heterocycles. The lowest BCUT2D eigenvalue weighted by molar-refractivity contribution is 0.102. The third kappa shape index (κ3) is 2.79. The molecule has 0 aliphatic heterocycles. The fourth-order valence-electron chi connectivity index (χ4n) is 2.10. The largest absolute Gasteiger partial charge is 0.318 e. The standard InChI is InChI=1S/C15H11N7OS/c23-14(13-9-24-15(21-13)10-5-17-18-6-10)20-11-7-19-22(8-11)12-1-3-16-4-2-12/h1-9H,(H,17,18)(H,20,23). The zero-order valence-corrected chi connectivity index (χ0v) is 13.1. The van der Waals surface area contributed by atoms with Crippen LogP contribution in [0.1, 0.15) is 10.5 Å². The summed E-state index contributed by atoms with van der Waals surface area (Å²) in [4.78, 5) is 20.6. The van der Waals surface area contributed by atoms with Gasteiger partial charge in [-0.3, -0.25) is 14.9 Å². The number of thiazole rings is 1. The zero-order chi connectivity index (χ0) is 16.4. The van der Waals surface area contributed by atoms with Gasteiger partial charge < -0.3 is 5.32 Å². The van der Waals surface area contributed by atoms with Gasteiger partial charge in [0.05, 0.1) is 30.0 Å². The number of hydrogen-bond donors (Lipinski definition) is 2. The van der Waals surface area contributed by atoms with Gasteiger partial charge >= 0.3 is 0 Å². The monoisotopic (exact) mass is 337 g/mol. The summed E-state index contributed by atoms with van der Waals surface area (Å²) in [6.45, 7) is 0. The number of anilines is 1. The lowest BCUT2D eigenvalue weighted by Gasteiger charge is -2.00. The Balaban J connectivity index is 1.50. The topological polar surface area (TPSA) is 101 Å². The third-order valence-corrected chi connectivity index (χ3v) is 4.14. The van der Waals surface area contributed by atoms with Crippen molar-refractivity contribution in [3.05, 3.63) is 60.4 Å². The van der Waals surface area contributed by atoms with E-state index >= 15 is 0 Å². The van der Waals surface area contributed by atoms with Gasteiger partial charge in [0.1, 0.15) is 10.7 Å². The van der Waals surface area contributed by atoms with Crippen LogP contribution < -0.4 is 5.32 Å². The van der Waals surface area contributed by atoms with Gasteiger partial charge in [-0.15, -0.1) is 11.3 Å². The maximum Gasteiger partial charge on any atom is 0.275 e. The van der Waals surface area contributed by atoms with E-state index in [0.29, 0.717) is 11.4 Å². The Morgan fingerprint density at radius 3 is 2.92 bits per heavy atom. The minimum Gasteiger partial charge on any atom is -0.318 e. The van der Waals surface area contributed by atoms with Crippen molar-refractivity contribution in [1.82, 2.24) is 29.9 Å². The molecule has 0 bridgehead atoms. The van der Waals surface area contributed by atoms with Crippen molar-refractivity contribution in [2.45, 2.75) is 0 Å². The van der Waals surface area contributed by atoms with Crippen molar-refractivity contribution in [3.63, 3.8) is 0 Å². The van der Waals surface area contributed by atoms with E-state index in [4.69, 9.17) is 0 Å². The molecule has 0 radical (unpaired) electrons. The first kappa shape index (κ1) is 14.3. The molecule has 2 N–H and O–H groups in total. The van der Waals surface area contributed by atoms with Crippen LogP contribution in [-0.2, 0) is 0 Å². The number of amides is 1. The summed E-state index contributed by atoms with van der Waals surface area (Å²) >= 11 is 1.39. The molecule has 0 saturated carbocycles. The summed E-state index contributed by atoms with van der Waals surface area (Å²) in [5.41, 5.74) is 2.66. The summed E-state index contributed by atoms with van der Waals surface area (Å²) in [5, 5.41) is 16.1. The molecule has 8 nitrogen and oxygen atoms in total. The van der Waals surface area contributed by atoms with Gasteiger partial charge in [-0.05, 0) is 12.1 Å². The number of aromatic amines is 1. The molecule has 1 amide bonds. The second-order valence-corrected chi connectivity index (χ2v) is 5.72. The average Bonchev–Trinajstić information content (AvgIpc) is 3.36. The predicted octanol–water partition coefficient (Wildman–Crippen LogP) is 2.37. The molecule has 0 aliphatic carbocycles. The highest BCUT2D eigenvalue weighted by Crippen LogP contribution is 2.23. The lowest BCUT2D eigenvalue weighted by atomic mass is 10.4. The van der Waals surface area contributed by atoms with Gasteiger partial charge in [0.15, 0.2) is 0 Å². The van der Waals surface area contributed by atoms with E-state index in [-0.39, 0.29) is 5.91 Å². The minimum absolute atomic E-state index is 0.282. The highest BCUT2D eigenvalue weighted by atomic mass is 32.1. The molecule has 0 aliphatic rings. The number of carbonyl (C=O) groups is 1. The van der Waals surface area contributed by atoms with E-state index in [9.17, 15) is 4.79 Å². The van der Waals surface area contributed by atoms with Gasteiger partial charge in [0.2, 0.25) is 0 Å². The minimum atomic E-state index is -0.282. The summed E-state index contributed by atoms with van der Waals surface area (Å²) in [6, 6.07) is 3.66. The molecule has 4 aromatic rings. The summed E-state index contributed by atoms with van der Waals surface area (Å²) in [7, 11) is 0. The van der Waals surface area contributed by atoms with Crippen LogP contribution in [-0.4, -0.2) is 35.9 Å². The van der Waals surface area contributed by atoms with Crippen LogP contribution in [0.5, 0.6) is 0 Å². The van der Waals surface area contributed by atoms with E-state index in [1.807, 2.05) is 12.1 Å². The quantitative estimate of drug-likeness (QED) is 0.595. The summed E-state index contributed by atoms with van der Waals surface area (Å²) < 4.78 is 1.66. The van der Waals surface area contributed by atoms with Gasteiger partial charge in [0, 0.05) is 29.5 Å². The van der Waals surface area contributed by atoms with Gasteiger partial charge in [-0.1, -0.05) is 0 Å². The maximum atomic E-state index is 12.3. The SMILES string of the molecule is O=C(Nc1cnn(-c2ccncc2)c1)c1csc(-c2cn[nH]c2)n1. The number of hydrogen-bond acceptors (Lipinski definition) is 6. The van der Waals surface area contributed by atoms with Crippen LogP contribution in [0, 0.1) is 0 Å². The fraction of sp³-hybridized carbons (Fsp3) is 0. The van der Waals surface area contributed by atoms with Crippen LogP contribution in [0.15, 0.2) is 54.7 Å². The summed E-state index contributed by atoms with van der Waals surface area (Å²) in [6.07, 6.45) is 10.1. The number of rotatable bonds is 4. The Kier molecular flexibility index (Phi) is 3.60. The van der Waals surface area contributed by atoms with Crippen LogP contribution in [0.2, 0.25) is 0 Å². The molecule has 0 atom stereocenters. The van der Waals surface area contributed by atoms with E-state index in [1.54, 1.807) is 47.2 Å². The molecule has 24 heavy (non-hydrogen) atoms. The first-order valence-electron chi connectivity index (χ1n) is 7.01. The van der Waals surface area contributed by atoms with Crippen LogP contribution in [0.3, 0.4) is 0 Å². The number of pyridine rings is 1. The van der Waals surface area contributed by atoms with Crippen molar-refractivity contribution in [2.24, 2.45) is 0 Å². The number of aromatic nitrogens is 6. The van der Waals surface area contributed by atoms with Crippen molar-refractivity contribution in [1.29, 1.82) is 0 Å². The van der Waals surface area contributed by atoms with Gasteiger partial charge in [-0.25, -0.2) is 9.67 Å². The first-order valence-corrected chi connectivity index (χ1v) is 7.89. The Morgan fingerprint density at radius 1 is 1.25 bits per heavy atom. The fourth-order valence-corrected chi connectivity index (χ4v) is 2.88. The molecule has 4 rings (SSSR count). The molecule has 0 aromatic carbocycles. The number of nitrogens with zero attached hydrogens (tertiary/aromatic N) is 5. The van der Waals surface area contributed by atoms with Crippen LogP contribution >= 0.6 is 11.3 Å². The maximum absolute atomic E-state index is 12.3. The highest BCUT2D eigenvalue weighted by Gasteiger charge is 2.13. The number of nitrogens with one attached hydrogen (secondary N) is 2. The molecule has 4 heterocycles. The second kappa shape index (κ2) is 6.05. The lowest BCUT2D eigenvalue weighted by Crippen LogP contribution is -2.11. The molecule has 4 aromatic heterocycles. The second-order valence-electron chi connectivity index (χ2n) is 4.86. The first-order chi connectivity index (χ1) is 11.8. The van der Waals surface area contributed by atoms with Crippen molar-refractivity contribution in [2.75, 3.05) is 5.32 Å². The Bertz CT molecular complexity index is 959.